The summed E-state index contributed by atoms with van der Waals surface area (Å²) < 4.78 is 0. The molecule has 2 aliphatic heterocycles. The summed E-state index contributed by atoms with van der Waals surface area (Å²) in [4.78, 5) is 16.4. The molecule has 92 valence electrons. The molecule has 2 aliphatic rings. The third kappa shape index (κ3) is 2.74. The zero-order valence-corrected chi connectivity index (χ0v) is 10.1. The van der Waals surface area contributed by atoms with Crippen LogP contribution < -0.4 is 0 Å². The average Bonchev–Trinajstić information content (AvgIpc) is 2.29. The fourth-order valence-electron chi connectivity index (χ4n) is 2.71. The first-order valence-electron chi connectivity index (χ1n) is 6.32. The SMILES string of the molecule is CN1CCCC(C(=O)N2CCC(O)CC2)C1. The molecular weight excluding hydrogens is 204 g/mol. The van der Waals surface area contributed by atoms with Crippen molar-refractivity contribution in [1.29, 1.82) is 0 Å². The third-order valence-corrected chi connectivity index (χ3v) is 3.75. The second kappa shape index (κ2) is 5.15. The molecule has 2 fully saturated rings. The summed E-state index contributed by atoms with van der Waals surface area (Å²) in [6.45, 7) is 3.49. The van der Waals surface area contributed by atoms with Crippen LogP contribution in [-0.4, -0.2) is 60.1 Å². The minimum absolute atomic E-state index is 0.189. The highest BCUT2D eigenvalue weighted by molar-refractivity contribution is 5.79. The van der Waals surface area contributed by atoms with Gasteiger partial charge in [0.25, 0.3) is 0 Å². The largest absolute Gasteiger partial charge is 0.393 e. The number of likely N-dealkylation sites (tertiary alicyclic amines) is 2. The molecule has 0 radical (unpaired) electrons. The Morgan fingerprint density at radius 3 is 2.50 bits per heavy atom. The molecule has 4 nitrogen and oxygen atoms in total. The molecule has 0 aromatic carbocycles. The van der Waals surface area contributed by atoms with Crippen molar-refractivity contribution in [2.45, 2.75) is 31.8 Å². The van der Waals surface area contributed by atoms with Crippen LogP contribution in [0.15, 0.2) is 0 Å². The first-order valence-corrected chi connectivity index (χ1v) is 6.32. The van der Waals surface area contributed by atoms with E-state index in [-0.39, 0.29) is 12.0 Å². The number of aliphatic hydroxyl groups excluding tert-OH is 1. The van der Waals surface area contributed by atoms with Crippen molar-refractivity contribution < 1.29 is 9.90 Å². The predicted molar refractivity (Wildman–Crippen MR) is 62.0 cm³/mol. The molecule has 1 atom stereocenters. The zero-order valence-electron chi connectivity index (χ0n) is 10.1. The predicted octanol–water partition coefficient (Wildman–Crippen LogP) is 0.311. The molecule has 0 aromatic heterocycles. The summed E-state index contributed by atoms with van der Waals surface area (Å²) in [5.74, 6) is 0.493. The maximum atomic E-state index is 12.2. The topological polar surface area (TPSA) is 43.8 Å². The van der Waals surface area contributed by atoms with Crippen LogP contribution in [0.3, 0.4) is 0 Å². The van der Waals surface area contributed by atoms with Crippen LogP contribution in [0.4, 0.5) is 0 Å². The van der Waals surface area contributed by atoms with Gasteiger partial charge in [-0.3, -0.25) is 4.79 Å². The van der Waals surface area contributed by atoms with Crippen LogP contribution in [0.25, 0.3) is 0 Å². The van der Waals surface area contributed by atoms with Gasteiger partial charge in [0.15, 0.2) is 0 Å². The lowest BCUT2D eigenvalue weighted by atomic mass is 9.95. The average molecular weight is 226 g/mol. The van der Waals surface area contributed by atoms with E-state index in [2.05, 4.69) is 11.9 Å². The van der Waals surface area contributed by atoms with E-state index in [1.54, 1.807) is 0 Å². The highest BCUT2D eigenvalue weighted by atomic mass is 16.3. The van der Waals surface area contributed by atoms with Crippen LogP contribution in [0.2, 0.25) is 0 Å². The van der Waals surface area contributed by atoms with E-state index in [0.717, 1.165) is 51.9 Å². The van der Waals surface area contributed by atoms with E-state index in [1.807, 2.05) is 4.90 Å². The highest BCUT2D eigenvalue weighted by Gasteiger charge is 2.29. The lowest BCUT2D eigenvalue weighted by Gasteiger charge is -2.35. The van der Waals surface area contributed by atoms with E-state index in [0.29, 0.717) is 5.91 Å². The normalized spacial score (nSPS) is 29.4. The van der Waals surface area contributed by atoms with Crippen molar-refractivity contribution in [3.63, 3.8) is 0 Å². The molecule has 1 amide bonds. The van der Waals surface area contributed by atoms with Gasteiger partial charge >= 0.3 is 0 Å². The molecule has 16 heavy (non-hydrogen) atoms. The Labute approximate surface area is 97.2 Å². The van der Waals surface area contributed by atoms with Crippen molar-refractivity contribution in [2.75, 3.05) is 33.2 Å². The van der Waals surface area contributed by atoms with Gasteiger partial charge in [-0.05, 0) is 39.3 Å². The second-order valence-corrected chi connectivity index (χ2v) is 5.16. The van der Waals surface area contributed by atoms with Gasteiger partial charge in [0.05, 0.1) is 12.0 Å². The van der Waals surface area contributed by atoms with Crippen molar-refractivity contribution >= 4 is 5.91 Å². The van der Waals surface area contributed by atoms with Gasteiger partial charge in [-0.15, -0.1) is 0 Å². The molecule has 0 aromatic rings. The van der Waals surface area contributed by atoms with E-state index in [1.165, 1.54) is 0 Å². The Bertz CT molecular complexity index is 249. The monoisotopic (exact) mass is 226 g/mol. The number of hydrogen-bond acceptors (Lipinski definition) is 3. The number of aliphatic hydroxyl groups is 1. The molecule has 2 heterocycles. The Hall–Kier alpha value is -0.610. The van der Waals surface area contributed by atoms with Crippen LogP contribution in [-0.2, 0) is 4.79 Å². The van der Waals surface area contributed by atoms with Crippen LogP contribution in [0.5, 0.6) is 0 Å². The minimum Gasteiger partial charge on any atom is -0.393 e. The summed E-state index contributed by atoms with van der Waals surface area (Å²) in [6.07, 6.45) is 3.45. The van der Waals surface area contributed by atoms with Crippen LogP contribution in [0.1, 0.15) is 25.7 Å². The number of rotatable bonds is 1. The Morgan fingerprint density at radius 1 is 1.19 bits per heavy atom. The molecule has 2 saturated heterocycles. The summed E-state index contributed by atoms with van der Waals surface area (Å²) in [7, 11) is 2.08. The summed E-state index contributed by atoms with van der Waals surface area (Å²) in [6, 6.07) is 0. The molecular formula is C12H22N2O2. The fraction of sp³-hybridized carbons (Fsp3) is 0.917. The number of amides is 1. The zero-order chi connectivity index (χ0) is 11.5. The quantitative estimate of drug-likeness (QED) is 0.700. The first kappa shape index (κ1) is 11.9. The Morgan fingerprint density at radius 2 is 1.88 bits per heavy atom. The summed E-state index contributed by atoms with van der Waals surface area (Å²) in [5.41, 5.74) is 0. The van der Waals surface area contributed by atoms with Gasteiger partial charge in [-0.1, -0.05) is 0 Å². The lowest BCUT2D eigenvalue weighted by Crippen LogP contribution is -2.47. The van der Waals surface area contributed by atoms with E-state index in [4.69, 9.17) is 0 Å². The van der Waals surface area contributed by atoms with Crippen molar-refractivity contribution in [2.24, 2.45) is 5.92 Å². The van der Waals surface area contributed by atoms with Crippen LogP contribution >= 0.6 is 0 Å². The summed E-state index contributed by atoms with van der Waals surface area (Å²) >= 11 is 0. The van der Waals surface area contributed by atoms with Gasteiger partial charge < -0.3 is 14.9 Å². The number of nitrogens with zero attached hydrogens (tertiary/aromatic N) is 2. The standard InChI is InChI=1S/C12H22N2O2/c1-13-6-2-3-10(9-13)12(16)14-7-4-11(15)5-8-14/h10-11,15H,2-9H2,1H3. The molecule has 4 heteroatoms. The molecule has 2 rings (SSSR count). The molecule has 1 unspecified atom stereocenters. The van der Waals surface area contributed by atoms with E-state index in [9.17, 15) is 9.90 Å². The van der Waals surface area contributed by atoms with Gasteiger partial charge in [-0.25, -0.2) is 0 Å². The van der Waals surface area contributed by atoms with Gasteiger partial charge in [0, 0.05) is 19.6 Å². The second-order valence-electron chi connectivity index (χ2n) is 5.16. The van der Waals surface area contributed by atoms with E-state index < -0.39 is 0 Å². The Balaban J connectivity index is 1.86. The van der Waals surface area contributed by atoms with Gasteiger partial charge in [-0.2, -0.15) is 0 Å². The molecule has 0 spiro atoms. The van der Waals surface area contributed by atoms with Crippen molar-refractivity contribution in [3.05, 3.63) is 0 Å². The molecule has 0 aliphatic carbocycles. The lowest BCUT2D eigenvalue weighted by molar-refractivity contribution is -0.139. The summed E-state index contributed by atoms with van der Waals surface area (Å²) in [5, 5.41) is 9.41. The van der Waals surface area contributed by atoms with Crippen molar-refractivity contribution in [3.8, 4) is 0 Å². The number of carbonyl (C=O) groups is 1. The minimum atomic E-state index is -0.196. The number of carbonyl (C=O) groups excluding carboxylic acids is 1. The maximum Gasteiger partial charge on any atom is 0.226 e. The Kier molecular flexibility index (Phi) is 3.82. The molecule has 1 N–H and O–H groups in total. The van der Waals surface area contributed by atoms with Crippen LogP contribution in [0, 0.1) is 5.92 Å². The molecule has 0 saturated carbocycles. The fourth-order valence-corrected chi connectivity index (χ4v) is 2.71. The van der Waals surface area contributed by atoms with E-state index >= 15 is 0 Å². The first-order chi connectivity index (χ1) is 7.66. The maximum absolute atomic E-state index is 12.2. The van der Waals surface area contributed by atoms with Gasteiger partial charge in [0.1, 0.15) is 0 Å². The highest BCUT2D eigenvalue weighted by Crippen LogP contribution is 2.20. The number of hydrogen-bond donors (Lipinski definition) is 1. The smallest absolute Gasteiger partial charge is 0.226 e. The number of piperidine rings is 2. The van der Waals surface area contributed by atoms with Crippen molar-refractivity contribution in [1.82, 2.24) is 9.80 Å². The third-order valence-electron chi connectivity index (χ3n) is 3.75. The van der Waals surface area contributed by atoms with Gasteiger partial charge in [0.2, 0.25) is 5.91 Å². The molecule has 0 bridgehead atoms.